The summed E-state index contributed by atoms with van der Waals surface area (Å²) in [5, 5.41) is 16.4. The molecule has 1 aromatic carbocycles. The molecule has 158 valence electrons. The topological polar surface area (TPSA) is 92.6 Å². The molecule has 4 atom stereocenters. The minimum atomic E-state index is -0.505. The van der Waals surface area contributed by atoms with Gasteiger partial charge in [0.25, 0.3) is 5.56 Å². The quantitative estimate of drug-likeness (QED) is 0.672. The normalized spacial score (nSPS) is 24.6. The molecule has 0 spiro atoms. The summed E-state index contributed by atoms with van der Waals surface area (Å²) >= 11 is 0. The lowest BCUT2D eigenvalue weighted by molar-refractivity contribution is -0.124. The third-order valence-corrected chi connectivity index (χ3v) is 6.16. The molecule has 3 N–H and O–H groups in total. The van der Waals surface area contributed by atoms with Crippen LogP contribution in [0.25, 0.3) is 6.08 Å². The molecule has 1 amide bonds. The van der Waals surface area contributed by atoms with Crippen molar-refractivity contribution in [2.75, 3.05) is 13.7 Å². The van der Waals surface area contributed by atoms with E-state index in [1.807, 2.05) is 49.4 Å². The van der Waals surface area contributed by atoms with Crippen LogP contribution in [0.3, 0.4) is 0 Å². The number of aromatic nitrogens is 1. The number of methoxy groups -OCH3 is 1. The molecule has 0 saturated carbocycles. The maximum Gasteiger partial charge on any atom is 0.258 e. The Hall–Kier alpha value is -2.90. The highest BCUT2D eigenvalue weighted by Crippen LogP contribution is 2.42. The maximum absolute atomic E-state index is 12.9. The minimum Gasteiger partial charge on any atom is -0.497 e. The Balaban J connectivity index is 1.50. The Labute approximate surface area is 175 Å². The van der Waals surface area contributed by atoms with Crippen LogP contribution in [-0.4, -0.2) is 35.3 Å². The number of nitrogens with one attached hydrogen (secondary N) is 2. The molecular weight excluding hydrogens is 382 g/mol. The number of aliphatic hydroxyl groups excluding tert-OH is 1. The van der Waals surface area contributed by atoms with Gasteiger partial charge in [0.2, 0.25) is 5.91 Å². The van der Waals surface area contributed by atoms with Crippen LogP contribution in [0, 0.1) is 11.8 Å². The van der Waals surface area contributed by atoms with Crippen molar-refractivity contribution in [3.63, 3.8) is 0 Å². The number of allylic oxidation sites excluding steroid dienone is 1. The fourth-order valence-corrected chi connectivity index (χ4v) is 4.66. The van der Waals surface area contributed by atoms with Crippen molar-refractivity contribution < 1.29 is 14.6 Å². The van der Waals surface area contributed by atoms with Crippen LogP contribution in [0.2, 0.25) is 0 Å². The zero-order valence-electron chi connectivity index (χ0n) is 17.2. The Bertz CT molecular complexity index is 1030. The number of rotatable bonds is 6. The van der Waals surface area contributed by atoms with Crippen LogP contribution in [0.15, 0.2) is 47.3 Å². The van der Waals surface area contributed by atoms with Gasteiger partial charge in [0, 0.05) is 42.8 Å². The van der Waals surface area contributed by atoms with Crippen molar-refractivity contribution in [3.8, 4) is 5.75 Å². The molecule has 0 unspecified atom stereocenters. The maximum atomic E-state index is 12.9. The van der Waals surface area contributed by atoms with Crippen molar-refractivity contribution in [3.05, 3.63) is 69.6 Å². The molecule has 0 aliphatic carbocycles. The molecule has 7 nitrogen and oxygen atoms in total. The number of fused-ring (bicyclic) bond motifs is 3. The van der Waals surface area contributed by atoms with E-state index >= 15 is 0 Å². The third kappa shape index (κ3) is 3.55. The van der Waals surface area contributed by atoms with Crippen molar-refractivity contribution in [2.24, 2.45) is 11.8 Å². The number of pyridine rings is 1. The first-order valence-corrected chi connectivity index (χ1v) is 10.2. The minimum absolute atomic E-state index is 0.00359. The van der Waals surface area contributed by atoms with Crippen LogP contribution >= 0.6 is 0 Å². The van der Waals surface area contributed by atoms with Gasteiger partial charge in [0.05, 0.1) is 19.2 Å². The summed E-state index contributed by atoms with van der Waals surface area (Å²) in [4.78, 5) is 25.6. The standard InChI is InChI=1S/C23H27N3O4/c1-3-5-15-8-9-19-20-17(12-26(19)23(15)29)18(13-27)21(25-20)22(28)24-11-14-6-4-7-16(10-14)30-2/h3-10,17-18,20-21,25,27H,11-13H2,1-2H3,(H,24,28)/t17-,18-,20+,21-/m1/s1. The second kappa shape index (κ2) is 8.45. The van der Waals surface area contributed by atoms with Crippen LogP contribution in [0.1, 0.15) is 29.8 Å². The largest absolute Gasteiger partial charge is 0.497 e. The van der Waals surface area contributed by atoms with Gasteiger partial charge in [-0.3, -0.25) is 14.9 Å². The average molecular weight is 409 g/mol. The summed E-state index contributed by atoms with van der Waals surface area (Å²) < 4.78 is 6.99. The Morgan fingerprint density at radius 3 is 2.93 bits per heavy atom. The molecular formula is C23H27N3O4. The predicted octanol–water partition coefficient (Wildman–Crippen LogP) is 1.46. The molecule has 30 heavy (non-hydrogen) atoms. The molecule has 2 aliphatic heterocycles. The highest BCUT2D eigenvalue weighted by molar-refractivity contribution is 5.82. The first kappa shape index (κ1) is 20.4. The van der Waals surface area contributed by atoms with Gasteiger partial charge in [-0.25, -0.2) is 0 Å². The zero-order valence-corrected chi connectivity index (χ0v) is 17.2. The SMILES string of the molecule is CC=Cc1ccc2n(c1=O)C[C@@H]1[C@@H](CO)[C@H](C(=O)NCc3cccc(OC)c3)N[C@H]21. The molecule has 1 fully saturated rings. The molecule has 0 radical (unpaired) electrons. The number of benzene rings is 1. The number of aliphatic hydroxyl groups is 1. The average Bonchev–Trinajstić information content (AvgIpc) is 3.30. The molecule has 4 rings (SSSR count). The Morgan fingerprint density at radius 2 is 2.20 bits per heavy atom. The number of hydrogen-bond donors (Lipinski definition) is 3. The summed E-state index contributed by atoms with van der Waals surface area (Å²) in [6.45, 7) is 2.65. The van der Waals surface area contributed by atoms with Gasteiger partial charge >= 0.3 is 0 Å². The number of carbonyl (C=O) groups excluding carboxylic acids is 1. The fourth-order valence-electron chi connectivity index (χ4n) is 4.66. The smallest absolute Gasteiger partial charge is 0.258 e. The van der Waals surface area contributed by atoms with E-state index in [0.717, 1.165) is 17.0 Å². The van der Waals surface area contributed by atoms with E-state index in [-0.39, 0.29) is 36.0 Å². The van der Waals surface area contributed by atoms with Gasteiger partial charge in [-0.2, -0.15) is 0 Å². The summed E-state index contributed by atoms with van der Waals surface area (Å²) in [7, 11) is 1.61. The van der Waals surface area contributed by atoms with Crippen LogP contribution in [0.5, 0.6) is 5.75 Å². The van der Waals surface area contributed by atoms with E-state index in [1.165, 1.54) is 0 Å². The zero-order chi connectivity index (χ0) is 21.3. The van der Waals surface area contributed by atoms with Gasteiger partial charge in [-0.15, -0.1) is 0 Å². The molecule has 2 aliphatic rings. The number of amides is 1. The van der Waals surface area contributed by atoms with Crippen molar-refractivity contribution in [2.45, 2.75) is 32.1 Å². The first-order chi connectivity index (χ1) is 14.6. The van der Waals surface area contributed by atoms with E-state index < -0.39 is 6.04 Å². The van der Waals surface area contributed by atoms with Crippen LogP contribution in [-0.2, 0) is 17.9 Å². The number of hydrogen-bond acceptors (Lipinski definition) is 5. The van der Waals surface area contributed by atoms with Crippen molar-refractivity contribution >= 4 is 12.0 Å². The summed E-state index contributed by atoms with van der Waals surface area (Å²) in [6, 6.07) is 10.7. The molecule has 7 heteroatoms. The fraction of sp³-hybridized carbons (Fsp3) is 0.391. The number of nitrogens with zero attached hydrogens (tertiary/aromatic N) is 1. The third-order valence-electron chi connectivity index (χ3n) is 6.16. The molecule has 0 bridgehead atoms. The molecule has 3 heterocycles. The predicted molar refractivity (Wildman–Crippen MR) is 114 cm³/mol. The van der Waals surface area contributed by atoms with Crippen molar-refractivity contribution in [1.82, 2.24) is 15.2 Å². The highest BCUT2D eigenvalue weighted by atomic mass is 16.5. The summed E-state index contributed by atoms with van der Waals surface area (Å²) in [6.07, 6.45) is 3.65. The second-order valence-electron chi connectivity index (χ2n) is 7.83. The van der Waals surface area contributed by atoms with Crippen LogP contribution in [0.4, 0.5) is 0 Å². The first-order valence-electron chi connectivity index (χ1n) is 10.2. The van der Waals surface area contributed by atoms with Gasteiger partial charge < -0.3 is 19.7 Å². The molecule has 2 aromatic rings. The molecule has 1 aromatic heterocycles. The van der Waals surface area contributed by atoms with E-state index in [2.05, 4.69) is 10.6 Å². The summed E-state index contributed by atoms with van der Waals surface area (Å²) in [5.41, 5.74) is 2.43. The van der Waals surface area contributed by atoms with E-state index in [0.29, 0.717) is 18.7 Å². The van der Waals surface area contributed by atoms with Gasteiger partial charge in [0.15, 0.2) is 0 Å². The van der Waals surface area contributed by atoms with Gasteiger partial charge in [0.1, 0.15) is 5.75 Å². The van der Waals surface area contributed by atoms with Crippen molar-refractivity contribution in [1.29, 1.82) is 0 Å². The lowest BCUT2D eigenvalue weighted by atomic mass is 9.88. The Morgan fingerprint density at radius 1 is 1.37 bits per heavy atom. The van der Waals surface area contributed by atoms with E-state index in [9.17, 15) is 14.7 Å². The van der Waals surface area contributed by atoms with Crippen LogP contribution < -0.4 is 20.9 Å². The number of ether oxygens (including phenoxy) is 1. The Kier molecular flexibility index (Phi) is 5.74. The second-order valence-corrected chi connectivity index (χ2v) is 7.83. The summed E-state index contributed by atoms with van der Waals surface area (Å²) in [5.74, 6) is 0.328. The lowest BCUT2D eigenvalue weighted by Gasteiger charge is -2.21. The van der Waals surface area contributed by atoms with E-state index in [1.54, 1.807) is 17.8 Å². The van der Waals surface area contributed by atoms with Gasteiger partial charge in [-0.1, -0.05) is 24.3 Å². The highest BCUT2D eigenvalue weighted by Gasteiger charge is 2.50. The molecule has 1 saturated heterocycles. The monoisotopic (exact) mass is 409 g/mol. The number of carbonyl (C=O) groups is 1. The van der Waals surface area contributed by atoms with E-state index in [4.69, 9.17) is 4.74 Å². The lowest BCUT2D eigenvalue weighted by Crippen LogP contribution is -2.46. The van der Waals surface area contributed by atoms with Gasteiger partial charge in [-0.05, 0) is 36.8 Å².